The summed E-state index contributed by atoms with van der Waals surface area (Å²) in [6.45, 7) is -0.00225. The fourth-order valence-electron chi connectivity index (χ4n) is 3.78. The third-order valence-corrected chi connectivity index (χ3v) is 7.40. The Morgan fingerprint density at radius 2 is 1.77 bits per heavy atom. The molecule has 9 nitrogen and oxygen atoms in total. The van der Waals surface area contributed by atoms with Gasteiger partial charge in [-0.05, 0) is 41.5 Å². The van der Waals surface area contributed by atoms with E-state index in [0.717, 1.165) is 17.2 Å². The summed E-state index contributed by atoms with van der Waals surface area (Å²) in [6.07, 6.45) is 3.40. The smallest absolute Gasteiger partial charge is 0.322 e. The number of halogens is 1. The molecule has 0 bridgehead atoms. The molecule has 182 valence electrons. The number of nitrogens with two attached hydrogens (primary N) is 1. The number of nitrogen functional groups attached to an aromatic ring is 1. The van der Waals surface area contributed by atoms with Gasteiger partial charge in [-0.25, -0.2) is 23.4 Å². The Morgan fingerprint density at radius 3 is 2.37 bits per heavy atom. The van der Waals surface area contributed by atoms with E-state index in [9.17, 15) is 22.4 Å². The molecule has 0 spiro atoms. The number of carbonyl (C=O) groups is 2. The van der Waals surface area contributed by atoms with E-state index in [4.69, 9.17) is 5.84 Å². The Morgan fingerprint density at radius 1 is 1.06 bits per heavy atom. The van der Waals surface area contributed by atoms with Crippen LogP contribution in [-0.2, 0) is 16.4 Å². The van der Waals surface area contributed by atoms with Gasteiger partial charge in [-0.3, -0.25) is 20.1 Å². The Hall–Kier alpha value is -3.83. The standard InChI is InChI=1S/C24H24FN5O4S/c25-22-14-18(23(31)28-26)3-4-20(22)16-30(24(32)29-10-12-35(33,34)13-11-29)21-7-5-17(6-8-21)19-2-1-9-27-15-19/h1-9,14-15H,10-13,16,26H2,(H,28,31). The van der Waals surface area contributed by atoms with E-state index in [1.165, 1.54) is 21.9 Å². The second kappa shape index (κ2) is 10.2. The minimum absolute atomic E-state index is 0.0497. The van der Waals surface area contributed by atoms with Crippen molar-refractivity contribution in [2.75, 3.05) is 29.5 Å². The quantitative estimate of drug-likeness (QED) is 0.317. The summed E-state index contributed by atoms with van der Waals surface area (Å²) in [4.78, 5) is 32.1. The molecule has 3 N–H and O–H groups in total. The molecule has 0 unspecified atom stereocenters. The molecular formula is C24H24FN5O4S. The lowest BCUT2D eigenvalue weighted by molar-refractivity contribution is 0.0953. The minimum Gasteiger partial charge on any atom is -0.322 e. The van der Waals surface area contributed by atoms with Crippen molar-refractivity contribution in [2.24, 2.45) is 5.84 Å². The van der Waals surface area contributed by atoms with Gasteiger partial charge in [0.1, 0.15) is 5.82 Å². The van der Waals surface area contributed by atoms with E-state index in [2.05, 4.69) is 4.98 Å². The maximum atomic E-state index is 14.9. The second-order valence-electron chi connectivity index (χ2n) is 8.08. The number of sulfone groups is 1. The number of amides is 3. The summed E-state index contributed by atoms with van der Waals surface area (Å²) in [5.41, 5.74) is 4.49. The fourth-order valence-corrected chi connectivity index (χ4v) is 4.98. The molecule has 2 aromatic carbocycles. The number of carbonyl (C=O) groups excluding carboxylic acids is 2. The van der Waals surface area contributed by atoms with Crippen molar-refractivity contribution in [2.45, 2.75) is 6.54 Å². The van der Waals surface area contributed by atoms with Gasteiger partial charge in [0.05, 0.1) is 18.1 Å². The molecule has 3 aromatic rings. The molecule has 4 rings (SSSR count). The minimum atomic E-state index is -3.18. The van der Waals surface area contributed by atoms with Gasteiger partial charge < -0.3 is 4.90 Å². The number of rotatable bonds is 5. The molecule has 0 aliphatic carbocycles. The lowest BCUT2D eigenvalue weighted by atomic mass is 10.1. The van der Waals surface area contributed by atoms with Crippen LogP contribution in [0.4, 0.5) is 14.9 Å². The summed E-state index contributed by atoms with van der Waals surface area (Å²) >= 11 is 0. The first-order valence-corrected chi connectivity index (χ1v) is 12.7. The van der Waals surface area contributed by atoms with E-state index in [1.54, 1.807) is 24.5 Å². The van der Waals surface area contributed by atoms with E-state index in [0.29, 0.717) is 5.69 Å². The van der Waals surface area contributed by atoms with Crippen molar-refractivity contribution in [3.8, 4) is 11.1 Å². The number of urea groups is 1. The van der Waals surface area contributed by atoms with Gasteiger partial charge in [-0.1, -0.05) is 24.3 Å². The Labute approximate surface area is 202 Å². The summed E-state index contributed by atoms with van der Waals surface area (Å²) in [5, 5.41) is 0. The van der Waals surface area contributed by atoms with Gasteiger partial charge in [-0.2, -0.15) is 0 Å². The van der Waals surface area contributed by atoms with Crippen LogP contribution in [0.5, 0.6) is 0 Å². The zero-order valence-electron chi connectivity index (χ0n) is 18.7. The highest BCUT2D eigenvalue weighted by atomic mass is 32.2. The van der Waals surface area contributed by atoms with Crippen molar-refractivity contribution in [3.63, 3.8) is 0 Å². The predicted molar refractivity (Wildman–Crippen MR) is 130 cm³/mol. The topological polar surface area (TPSA) is 126 Å². The zero-order valence-corrected chi connectivity index (χ0v) is 19.5. The monoisotopic (exact) mass is 497 g/mol. The SMILES string of the molecule is NNC(=O)c1ccc(CN(C(=O)N2CCS(=O)(=O)CC2)c2ccc(-c3cccnc3)cc2)c(F)c1. The van der Waals surface area contributed by atoms with E-state index < -0.39 is 27.6 Å². The van der Waals surface area contributed by atoms with Crippen LogP contribution in [0.2, 0.25) is 0 Å². The highest BCUT2D eigenvalue weighted by Crippen LogP contribution is 2.26. The number of hydrazine groups is 1. The van der Waals surface area contributed by atoms with Crippen LogP contribution in [0.15, 0.2) is 67.0 Å². The van der Waals surface area contributed by atoms with Crippen molar-refractivity contribution in [1.29, 1.82) is 0 Å². The highest BCUT2D eigenvalue weighted by molar-refractivity contribution is 7.91. The molecule has 35 heavy (non-hydrogen) atoms. The number of nitrogens with zero attached hydrogens (tertiary/aromatic N) is 3. The van der Waals surface area contributed by atoms with Crippen LogP contribution in [-0.4, -0.2) is 54.8 Å². The molecule has 1 aromatic heterocycles. The third kappa shape index (κ3) is 5.64. The van der Waals surface area contributed by atoms with Gasteiger partial charge >= 0.3 is 6.03 Å². The molecule has 11 heteroatoms. The molecule has 0 radical (unpaired) electrons. The Bertz CT molecular complexity index is 1320. The van der Waals surface area contributed by atoms with Gasteiger partial charge in [0.15, 0.2) is 9.84 Å². The fraction of sp³-hybridized carbons (Fsp3) is 0.208. The van der Waals surface area contributed by atoms with E-state index in [1.807, 2.05) is 29.7 Å². The number of aromatic nitrogens is 1. The van der Waals surface area contributed by atoms with Gasteiger partial charge in [0.2, 0.25) is 0 Å². The molecule has 1 aliphatic rings. The highest BCUT2D eigenvalue weighted by Gasteiger charge is 2.29. The van der Waals surface area contributed by atoms with Crippen molar-refractivity contribution in [1.82, 2.24) is 15.3 Å². The first-order chi connectivity index (χ1) is 16.8. The van der Waals surface area contributed by atoms with E-state index in [-0.39, 0.29) is 42.3 Å². The number of pyridine rings is 1. The molecule has 3 amide bonds. The summed E-state index contributed by atoms with van der Waals surface area (Å²) in [7, 11) is -3.18. The van der Waals surface area contributed by atoms with Crippen molar-refractivity contribution < 1.29 is 22.4 Å². The summed E-state index contributed by atoms with van der Waals surface area (Å²) < 4.78 is 38.5. The maximum absolute atomic E-state index is 14.9. The second-order valence-corrected chi connectivity index (χ2v) is 10.4. The molecule has 2 heterocycles. The first-order valence-electron chi connectivity index (χ1n) is 10.8. The zero-order chi connectivity index (χ0) is 25.0. The first kappa shape index (κ1) is 24.3. The largest absolute Gasteiger partial charge is 0.324 e. The molecule has 0 saturated carbocycles. The lowest BCUT2D eigenvalue weighted by Gasteiger charge is -2.33. The van der Waals surface area contributed by atoms with Gasteiger partial charge in [0.25, 0.3) is 5.91 Å². The number of anilines is 1. The summed E-state index contributed by atoms with van der Waals surface area (Å²) in [5.74, 6) is 3.57. The number of hydrogen-bond donors (Lipinski definition) is 2. The number of hydrogen-bond acceptors (Lipinski definition) is 6. The Balaban J connectivity index is 1.64. The van der Waals surface area contributed by atoms with Crippen LogP contribution < -0.4 is 16.2 Å². The normalized spacial score (nSPS) is 14.9. The van der Waals surface area contributed by atoms with Crippen molar-refractivity contribution in [3.05, 3.63) is 83.9 Å². The third-order valence-electron chi connectivity index (χ3n) is 5.79. The molecule has 1 aliphatic heterocycles. The Kier molecular flexibility index (Phi) is 7.08. The van der Waals surface area contributed by atoms with Crippen LogP contribution >= 0.6 is 0 Å². The van der Waals surface area contributed by atoms with Crippen LogP contribution in [0.25, 0.3) is 11.1 Å². The summed E-state index contributed by atoms with van der Waals surface area (Å²) in [6, 6.07) is 14.3. The van der Waals surface area contributed by atoms with Crippen LogP contribution in [0.3, 0.4) is 0 Å². The number of nitrogens with one attached hydrogen (secondary N) is 1. The van der Waals surface area contributed by atoms with Crippen LogP contribution in [0, 0.1) is 5.82 Å². The predicted octanol–water partition coefficient (Wildman–Crippen LogP) is 2.35. The molecule has 1 saturated heterocycles. The molecule has 1 fully saturated rings. The molecular weight excluding hydrogens is 473 g/mol. The van der Waals surface area contributed by atoms with Gasteiger partial charge in [0, 0.05) is 42.3 Å². The molecule has 0 atom stereocenters. The van der Waals surface area contributed by atoms with Gasteiger partial charge in [-0.15, -0.1) is 0 Å². The van der Waals surface area contributed by atoms with E-state index >= 15 is 0 Å². The van der Waals surface area contributed by atoms with Crippen LogP contribution in [0.1, 0.15) is 15.9 Å². The maximum Gasteiger partial charge on any atom is 0.324 e. The lowest BCUT2D eigenvalue weighted by Crippen LogP contribution is -2.49. The average molecular weight is 498 g/mol. The number of benzene rings is 2. The average Bonchev–Trinajstić information content (AvgIpc) is 2.88. The van der Waals surface area contributed by atoms with Crippen molar-refractivity contribution >= 4 is 27.5 Å².